The number of ether oxygens (including phenoxy) is 1. The molecule has 27 heavy (non-hydrogen) atoms. The lowest BCUT2D eigenvalue weighted by molar-refractivity contribution is -0.118. The number of rotatable bonds is 9. The predicted octanol–water partition coefficient (Wildman–Crippen LogP) is 2.16. The fraction of sp³-hybridized carbons (Fsp3) is 0.444. The maximum Gasteiger partial charge on any atom is 0.237 e. The Morgan fingerprint density at radius 3 is 2.78 bits per heavy atom. The fourth-order valence-electron chi connectivity index (χ4n) is 2.66. The van der Waals surface area contributed by atoms with Crippen molar-refractivity contribution in [2.75, 3.05) is 12.4 Å². The van der Waals surface area contributed by atoms with Crippen LogP contribution in [0, 0.1) is 0 Å². The number of nitrogens with two attached hydrogens (primary N) is 1. The topological polar surface area (TPSA) is 112 Å². The molecule has 2 amide bonds. The van der Waals surface area contributed by atoms with E-state index in [1.54, 1.807) is 26.2 Å². The molecule has 1 aromatic carbocycles. The second kappa shape index (κ2) is 8.43. The number of benzene rings is 1. The van der Waals surface area contributed by atoms with Crippen LogP contribution in [0.25, 0.3) is 0 Å². The minimum Gasteiger partial charge on any atom is -0.495 e. The molecule has 0 saturated heterocycles. The number of primary amides is 1. The third kappa shape index (κ3) is 4.79. The first-order valence-electron chi connectivity index (χ1n) is 8.81. The van der Waals surface area contributed by atoms with Crippen LogP contribution in [0.4, 0.5) is 5.69 Å². The van der Waals surface area contributed by atoms with Crippen molar-refractivity contribution in [3.05, 3.63) is 30.1 Å². The van der Waals surface area contributed by atoms with Gasteiger partial charge in [0.1, 0.15) is 11.6 Å². The summed E-state index contributed by atoms with van der Waals surface area (Å²) in [5.74, 6) is 1.32. The minimum atomic E-state index is -0.404. The molecule has 3 rings (SSSR count). The van der Waals surface area contributed by atoms with Gasteiger partial charge in [-0.25, -0.2) is 0 Å². The highest BCUT2D eigenvalue weighted by atomic mass is 32.2. The second-order valence-corrected chi connectivity index (χ2v) is 7.74. The smallest absolute Gasteiger partial charge is 0.237 e. The molecular weight excluding hydrogens is 366 g/mol. The molecule has 1 atom stereocenters. The third-order valence-corrected chi connectivity index (χ3v) is 5.37. The third-order valence-electron chi connectivity index (χ3n) is 4.29. The van der Waals surface area contributed by atoms with E-state index in [9.17, 15) is 9.59 Å². The van der Waals surface area contributed by atoms with Crippen LogP contribution in [0.1, 0.15) is 37.9 Å². The number of para-hydroxylation sites is 2. The predicted molar refractivity (Wildman–Crippen MR) is 103 cm³/mol. The molecule has 0 spiro atoms. The van der Waals surface area contributed by atoms with E-state index in [0.29, 0.717) is 29.1 Å². The molecule has 1 saturated carbocycles. The van der Waals surface area contributed by atoms with Gasteiger partial charge in [0.2, 0.25) is 11.8 Å². The number of anilines is 1. The summed E-state index contributed by atoms with van der Waals surface area (Å²) in [5, 5.41) is 11.6. The highest BCUT2D eigenvalue weighted by Crippen LogP contribution is 2.40. The summed E-state index contributed by atoms with van der Waals surface area (Å²) in [7, 11) is 1.56. The molecule has 8 nitrogen and oxygen atoms in total. The number of carbonyl (C=O) groups is 2. The van der Waals surface area contributed by atoms with E-state index in [1.165, 1.54) is 11.8 Å². The normalized spacial score (nSPS) is 14.6. The molecule has 1 aliphatic carbocycles. The summed E-state index contributed by atoms with van der Waals surface area (Å²) in [6, 6.07) is 7.25. The van der Waals surface area contributed by atoms with Crippen LogP contribution >= 0.6 is 11.8 Å². The zero-order chi connectivity index (χ0) is 19.4. The van der Waals surface area contributed by atoms with E-state index in [4.69, 9.17) is 10.5 Å². The first-order chi connectivity index (χ1) is 13.0. The number of methoxy groups -OCH3 is 1. The van der Waals surface area contributed by atoms with E-state index in [0.717, 1.165) is 18.7 Å². The largest absolute Gasteiger partial charge is 0.495 e. The van der Waals surface area contributed by atoms with Gasteiger partial charge < -0.3 is 20.4 Å². The highest BCUT2D eigenvalue weighted by Gasteiger charge is 2.31. The van der Waals surface area contributed by atoms with Gasteiger partial charge in [-0.1, -0.05) is 23.9 Å². The second-order valence-electron chi connectivity index (χ2n) is 6.43. The van der Waals surface area contributed by atoms with Crippen LogP contribution in [-0.4, -0.2) is 38.9 Å². The van der Waals surface area contributed by atoms with Crippen molar-refractivity contribution in [3.63, 3.8) is 0 Å². The molecule has 0 radical (unpaired) electrons. The zero-order valence-corrected chi connectivity index (χ0v) is 16.2. The van der Waals surface area contributed by atoms with E-state index in [-0.39, 0.29) is 18.2 Å². The van der Waals surface area contributed by atoms with Crippen molar-refractivity contribution in [2.45, 2.75) is 49.1 Å². The fourth-order valence-corrected chi connectivity index (χ4v) is 3.54. The molecule has 3 N–H and O–H groups in total. The number of nitrogens with zero attached hydrogens (tertiary/aromatic N) is 3. The van der Waals surface area contributed by atoms with E-state index >= 15 is 0 Å². The molecule has 2 aromatic rings. The summed E-state index contributed by atoms with van der Waals surface area (Å²) in [5.41, 5.74) is 5.90. The molecule has 1 heterocycles. The van der Waals surface area contributed by atoms with Crippen molar-refractivity contribution in [1.29, 1.82) is 0 Å². The lowest BCUT2D eigenvalue weighted by Gasteiger charge is -2.14. The first kappa shape index (κ1) is 19.2. The average molecular weight is 389 g/mol. The summed E-state index contributed by atoms with van der Waals surface area (Å²) < 4.78 is 7.18. The maximum absolute atomic E-state index is 12.6. The Morgan fingerprint density at radius 2 is 2.11 bits per heavy atom. The van der Waals surface area contributed by atoms with Gasteiger partial charge in [0.25, 0.3) is 0 Å². The highest BCUT2D eigenvalue weighted by molar-refractivity contribution is 8.00. The summed E-state index contributed by atoms with van der Waals surface area (Å²) in [6.07, 6.45) is 2.36. The average Bonchev–Trinajstić information content (AvgIpc) is 3.42. The molecule has 144 valence electrons. The van der Waals surface area contributed by atoms with Gasteiger partial charge in [0.15, 0.2) is 5.16 Å². The van der Waals surface area contributed by atoms with Gasteiger partial charge in [0, 0.05) is 18.9 Å². The number of carbonyl (C=O) groups excluding carboxylic acids is 2. The van der Waals surface area contributed by atoms with E-state index < -0.39 is 5.25 Å². The Morgan fingerprint density at radius 1 is 1.37 bits per heavy atom. The number of thioether (sulfide) groups is 1. The van der Waals surface area contributed by atoms with Gasteiger partial charge in [0.05, 0.1) is 18.0 Å². The lowest BCUT2D eigenvalue weighted by atomic mass is 10.3. The van der Waals surface area contributed by atoms with Crippen molar-refractivity contribution >= 4 is 29.3 Å². The molecule has 1 aliphatic rings. The molecule has 9 heteroatoms. The molecule has 1 unspecified atom stereocenters. The van der Waals surface area contributed by atoms with Gasteiger partial charge in [-0.05, 0) is 31.9 Å². The van der Waals surface area contributed by atoms with Gasteiger partial charge >= 0.3 is 0 Å². The number of nitrogens with one attached hydrogen (secondary N) is 1. The SMILES string of the molecule is COc1ccccc1NC(=O)C(C)Sc1nnc(C2CC2)n1CCC(N)=O. The minimum absolute atomic E-state index is 0.165. The van der Waals surface area contributed by atoms with Crippen LogP contribution in [0.3, 0.4) is 0 Å². The zero-order valence-electron chi connectivity index (χ0n) is 15.3. The lowest BCUT2D eigenvalue weighted by Crippen LogP contribution is -2.23. The number of hydrogen-bond donors (Lipinski definition) is 2. The molecule has 0 aliphatic heterocycles. The van der Waals surface area contributed by atoms with Gasteiger partial charge in [-0.3, -0.25) is 9.59 Å². The van der Waals surface area contributed by atoms with Crippen LogP contribution in [0.5, 0.6) is 5.75 Å². The Kier molecular flexibility index (Phi) is 6.00. The van der Waals surface area contributed by atoms with Crippen molar-refractivity contribution < 1.29 is 14.3 Å². The van der Waals surface area contributed by atoms with Crippen molar-refractivity contribution in [1.82, 2.24) is 14.8 Å². The van der Waals surface area contributed by atoms with E-state index in [2.05, 4.69) is 15.5 Å². The maximum atomic E-state index is 12.6. The Balaban J connectivity index is 1.70. The summed E-state index contributed by atoms with van der Waals surface area (Å²) in [6.45, 7) is 2.23. The number of amides is 2. The van der Waals surface area contributed by atoms with Crippen LogP contribution in [0.2, 0.25) is 0 Å². The molecule has 1 fully saturated rings. The summed E-state index contributed by atoms with van der Waals surface area (Å²) >= 11 is 1.31. The van der Waals surface area contributed by atoms with Crippen LogP contribution < -0.4 is 15.8 Å². The number of aromatic nitrogens is 3. The standard InChI is InChI=1S/C18H23N5O3S/c1-11(17(25)20-13-5-3-4-6-14(13)26-2)27-18-22-21-16(12-7-8-12)23(18)10-9-15(19)24/h3-6,11-12H,7-10H2,1-2H3,(H2,19,24)(H,20,25). The quantitative estimate of drug-likeness (QED) is 0.636. The van der Waals surface area contributed by atoms with Gasteiger partial charge in [-0.15, -0.1) is 10.2 Å². The Labute approximate surface area is 161 Å². The molecular formula is C18H23N5O3S. The molecule has 1 aromatic heterocycles. The Bertz CT molecular complexity index is 834. The first-order valence-corrected chi connectivity index (χ1v) is 9.69. The summed E-state index contributed by atoms with van der Waals surface area (Å²) in [4.78, 5) is 23.8. The van der Waals surface area contributed by atoms with Crippen LogP contribution in [-0.2, 0) is 16.1 Å². The van der Waals surface area contributed by atoms with Crippen molar-refractivity contribution in [3.8, 4) is 5.75 Å². The van der Waals surface area contributed by atoms with Crippen molar-refractivity contribution in [2.24, 2.45) is 5.73 Å². The van der Waals surface area contributed by atoms with Crippen LogP contribution in [0.15, 0.2) is 29.4 Å². The Hall–Kier alpha value is -2.55. The van der Waals surface area contributed by atoms with E-state index in [1.807, 2.05) is 16.7 Å². The number of hydrogen-bond acceptors (Lipinski definition) is 6. The monoisotopic (exact) mass is 389 g/mol. The van der Waals surface area contributed by atoms with Gasteiger partial charge in [-0.2, -0.15) is 0 Å². The molecule has 0 bridgehead atoms.